The monoisotopic (exact) mass is 237 g/mol. The third kappa shape index (κ3) is 2.92. The topological polar surface area (TPSA) is 51.4 Å². The summed E-state index contributed by atoms with van der Waals surface area (Å²) in [6.45, 7) is 1.87. The van der Waals surface area contributed by atoms with Gasteiger partial charge in [-0.15, -0.1) is 0 Å². The molecule has 2 N–H and O–H groups in total. The maximum Gasteiger partial charge on any atom is 0.255 e. The smallest absolute Gasteiger partial charge is 0.255 e. The van der Waals surface area contributed by atoms with Crippen LogP contribution in [0.3, 0.4) is 0 Å². The molecule has 0 saturated heterocycles. The van der Waals surface area contributed by atoms with Crippen LogP contribution in [0.1, 0.15) is 6.92 Å². The van der Waals surface area contributed by atoms with E-state index in [0.717, 1.165) is 11.5 Å². The Morgan fingerprint density at radius 1 is 1.60 bits per heavy atom. The number of aromatic nitrogens is 1. The third-order valence-electron chi connectivity index (χ3n) is 1.70. The molecule has 86 valence electrons. The van der Waals surface area contributed by atoms with E-state index in [1.165, 1.54) is 4.90 Å². The Morgan fingerprint density at radius 2 is 2.27 bits per heavy atom. The van der Waals surface area contributed by atoms with Crippen molar-refractivity contribution in [2.24, 2.45) is 0 Å². The normalized spacial score (nSPS) is 10.7. The molecule has 7 heteroatoms. The Hall–Kier alpha value is -1.11. The lowest BCUT2D eigenvalue weighted by molar-refractivity contribution is 0.156. The first-order chi connectivity index (χ1) is 7.06. The minimum atomic E-state index is -2.40. The number of nitrogen functional groups attached to an aromatic ring is 1. The molecule has 0 spiro atoms. The summed E-state index contributed by atoms with van der Waals surface area (Å²) in [7, 11) is 1.56. The van der Waals surface area contributed by atoms with Gasteiger partial charge in [0.15, 0.2) is 16.6 Å². The van der Waals surface area contributed by atoms with E-state index in [9.17, 15) is 8.78 Å². The molecular formula is C8H13F2N3OS. The Labute approximate surface area is 90.8 Å². The van der Waals surface area contributed by atoms with Crippen LogP contribution in [0.15, 0.2) is 0 Å². The van der Waals surface area contributed by atoms with Gasteiger partial charge in [0.1, 0.15) is 0 Å². The van der Waals surface area contributed by atoms with Crippen LogP contribution in [-0.4, -0.2) is 31.0 Å². The second kappa shape index (κ2) is 5.11. The van der Waals surface area contributed by atoms with Crippen molar-refractivity contribution >= 4 is 22.4 Å². The van der Waals surface area contributed by atoms with Crippen LogP contribution in [0.25, 0.3) is 0 Å². The molecule has 0 unspecified atom stereocenters. The number of rotatable bonds is 5. The van der Waals surface area contributed by atoms with Gasteiger partial charge in [-0.1, -0.05) is 0 Å². The number of nitrogens with zero attached hydrogens (tertiary/aromatic N) is 2. The summed E-state index contributed by atoms with van der Waals surface area (Å²) in [4.78, 5) is 1.39. The van der Waals surface area contributed by atoms with Crippen LogP contribution >= 0.6 is 11.5 Å². The van der Waals surface area contributed by atoms with Crippen molar-refractivity contribution in [3.63, 3.8) is 0 Å². The predicted molar refractivity (Wildman–Crippen MR) is 57.0 cm³/mol. The molecular weight excluding hydrogens is 224 g/mol. The van der Waals surface area contributed by atoms with E-state index in [1.807, 2.05) is 0 Å². The molecule has 1 rings (SSSR count). The maximum absolute atomic E-state index is 12.2. The Kier molecular flexibility index (Phi) is 4.07. The van der Waals surface area contributed by atoms with Gasteiger partial charge in [-0.25, -0.2) is 8.78 Å². The van der Waals surface area contributed by atoms with Crippen LogP contribution in [0.2, 0.25) is 0 Å². The Bertz CT molecular complexity index is 319. The van der Waals surface area contributed by atoms with Crippen LogP contribution in [0, 0.1) is 0 Å². The SMILES string of the molecule is CCOc1c(N)nsc1N(C)CC(F)F. The maximum atomic E-state index is 12.2. The zero-order chi connectivity index (χ0) is 11.4. The van der Waals surface area contributed by atoms with Crippen molar-refractivity contribution in [3.05, 3.63) is 0 Å². The molecule has 4 nitrogen and oxygen atoms in total. The van der Waals surface area contributed by atoms with Gasteiger partial charge >= 0.3 is 0 Å². The van der Waals surface area contributed by atoms with Crippen molar-refractivity contribution in [2.45, 2.75) is 13.3 Å². The van der Waals surface area contributed by atoms with Crippen molar-refractivity contribution in [1.82, 2.24) is 4.37 Å². The standard InChI is InChI=1S/C8H13F2N3OS/c1-3-14-6-7(11)12-15-8(6)13(2)4-5(9)10/h5H,3-4H2,1-2H3,(H2,11,12). The largest absolute Gasteiger partial charge is 0.487 e. The molecule has 0 saturated carbocycles. The third-order valence-corrected chi connectivity index (χ3v) is 2.66. The molecule has 0 aromatic carbocycles. The quantitative estimate of drug-likeness (QED) is 0.848. The van der Waals surface area contributed by atoms with Gasteiger partial charge in [-0.2, -0.15) is 4.37 Å². The van der Waals surface area contributed by atoms with Gasteiger partial charge in [-0.3, -0.25) is 0 Å². The highest BCUT2D eigenvalue weighted by Gasteiger charge is 2.18. The molecule has 1 heterocycles. The van der Waals surface area contributed by atoms with Gasteiger partial charge < -0.3 is 15.4 Å². The second-order valence-electron chi connectivity index (χ2n) is 2.91. The van der Waals surface area contributed by atoms with E-state index in [4.69, 9.17) is 10.5 Å². The fraction of sp³-hybridized carbons (Fsp3) is 0.625. The summed E-state index contributed by atoms with van der Waals surface area (Å²) in [6, 6.07) is 0. The van der Waals surface area contributed by atoms with Crippen molar-refractivity contribution in [1.29, 1.82) is 0 Å². The Balaban J connectivity index is 2.83. The van der Waals surface area contributed by atoms with Crippen molar-refractivity contribution in [3.8, 4) is 5.75 Å². The molecule has 0 bridgehead atoms. The first kappa shape index (κ1) is 12.0. The minimum absolute atomic E-state index is 0.248. The van der Waals surface area contributed by atoms with Gasteiger partial charge in [0.2, 0.25) is 0 Å². The summed E-state index contributed by atoms with van der Waals surface area (Å²) in [5, 5.41) is 0.537. The highest BCUT2D eigenvalue weighted by atomic mass is 32.1. The number of alkyl halides is 2. The summed E-state index contributed by atoms with van der Waals surface area (Å²) in [5.74, 6) is 0.642. The highest BCUT2D eigenvalue weighted by Crippen LogP contribution is 2.37. The van der Waals surface area contributed by atoms with Crippen LogP contribution in [-0.2, 0) is 0 Å². The van der Waals surface area contributed by atoms with Crippen LogP contribution in [0.5, 0.6) is 5.75 Å². The van der Waals surface area contributed by atoms with Crippen molar-refractivity contribution in [2.75, 3.05) is 30.8 Å². The van der Waals surface area contributed by atoms with E-state index in [-0.39, 0.29) is 12.4 Å². The number of hydrogen-bond acceptors (Lipinski definition) is 5. The first-order valence-corrected chi connectivity index (χ1v) is 5.20. The second-order valence-corrected chi connectivity index (χ2v) is 3.66. The molecule has 0 aliphatic rings. The number of anilines is 2. The number of ether oxygens (including phenoxy) is 1. The summed E-state index contributed by atoms with van der Waals surface area (Å²) < 4.78 is 33.4. The zero-order valence-corrected chi connectivity index (χ0v) is 9.35. The zero-order valence-electron chi connectivity index (χ0n) is 8.54. The van der Waals surface area contributed by atoms with Crippen LogP contribution in [0.4, 0.5) is 19.6 Å². The molecule has 15 heavy (non-hydrogen) atoms. The average Bonchev–Trinajstić information content (AvgIpc) is 2.48. The fourth-order valence-electron chi connectivity index (χ4n) is 1.10. The van der Waals surface area contributed by atoms with E-state index in [1.54, 1.807) is 14.0 Å². The lowest BCUT2D eigenvalue weighted by atomic mass is 10.5. The van der Waals surface area contributed by atoms with E-state index < -0.39 is 6.43 Å². The number of halogens is 2. The molecule has 1 aromatic rings. The molecule has 0 amide bonds. The molecule has 0 aliphatic heterocycles. The molecule has 0 fully saturated rings. The lowest BCUT2D eigenvalue weighted by Gasteiger charge is -2.17. The first-order valence-electron chi connectivity index (χ1n) is 4.43. The summed E-state index contributed by atoms with van der Waals surface area (Å²) >= 11 is 1.06. The van der Waals surface area contributed by atoms with Crippen LogP contribution < -0.4 is 15.4 Å². The summed E-state index contributed by atoms with van der Waals surface area (Å²) in [6.07, 6.45) is -2.40. The molecule has 0 radical (unpaired) electrons. The van der Waals surface area contributed by atoms with E-state index in [0.29, 0.717) is 17.4 Å². The molecule has 1 aromatic heterocycles. The fourth-order valence-corrected chi connectivity index (χ4v) is 1.83. The molecule has 0 aliphatic carbocycles. The van der Waals surface area contributed by atoms with Gasteiger partial charge in [0.25, 0.3) is 6.43 Å². The molecule has 0 atom stereocenters. The lowest BCUT2D eigenvalue weighted by Crippen LogP contribution is -2.23. The van der Waals surface area contributed by atoms with Gasteiger partial charge in [-0.05, 0) is 18.5 Å². The minimum Gasteiger partial charge on any atom is -0.487 e. The number of nitrogens with two attached hydrogens (primary N) is 1. The van der Waals surface area contributed by atoms with Gasteiger partial charge in [0, 0.05) is 7.05 Å². The van der Waals surface area contributed by atoms with E-state index in [2.05, 4.69) is 4.37 Å². The summed E-state index contributed by atoms with van der Waals surface area (Å²) in [5.41, 5.74) is 5.56. The van der Waals surface area contributed by atoms with Crippen molar-refractivity contribution < 1.29 is 13.5 Å². The predicted octanol–water partition coefficient (Wildman–Crippen LogP) is 1.83. The Morgan fingerprint density at radius 3 is 2.80 bits per heavy atom. The highest BCUT2D eigenvalue weighted by molar-refractivity contribution is 7.11. The van der Waals surface area contributed by atoms with Gasteiger partial charge in [0.05, 0.1) is 13.2 Å². The van der Waals surface area contributed by atoms with E-state index >= 15 is 0 Å². The average molecular weight is 237 g/mol. The number of hydrogen-bond donors (Lipinski definition) is 1.